The predicted octanol–water partition coefficient (Wildman–Crippen LogP) is 2.22. The third-order valence-electron chi connectivity index (χ3n) is 0. The molecular weight excluding hydrogens is 403 g/mol. The third-order valence-corrected chi connectivity index (χ3v) is 0. The Hall–Kier alpha value is 1.45. The predicted molar refractivity (Wildman–Crippen MR) is 43.8 cm³/mol. The zero-order valence-electron chi connectivity index (χ0n) is 3.90. The Morgan fingerprint density at radius 1 is 0.667 bits per heavy atom. The Morgan fingerprint density at radius 2 is 0.667 bits per heavy atom. The van der Waals surface area contributed by atoms with E-state index in [9.17, 15) is 0 Å². The summed E-state index contributed by atoms with van der Waals surface area (Å²) >= 11 is 0. The van der Waals surface area contributed by atoms with Crippen LogP contribution < -0.4 is 4.91 Å². The molecule has 0 aromatic carbocycles. The van der Waals surface area contributed by atoms with Gasteiger partial charge in [0.2, 0.25) is 4.91 Å². The topological polar surface area (TPSA) is 61.8 Å². The minimum absolute atomic E-state index is 0. The first-order valence-corrected chi connectivity index (χ1v) is 0.447. The Morgan fingerprint density at radius 3 is 0.667 bits per heavy atom. The molecule has 0 saturated heterocycles. The molecule has 0 aromatic rings. The molecule has 0 saturated carbocycles. The normalized spacial score (nSPS) is 0.889. The molecule has 9 heavy (non-hydrogen) atoms. The fourth-order valence-corrected chi connectivity index (χ4v) is 0. The van der Waals surface area contributed by atoms with Gasteiger partial charge in [-0.15, -0.1) is 62.0 Å². The molecule has 0 radical (unpaired) electrons. The molecule has 0 atom stereocenters. The summed E-state index contributed by atoms with van der Waals surface area (Å²) in [6.07, 6.45) is 0. The molecule has 9 heteroatoms. The summed E-state index contributed by atoms with van der Waals surface area (Å²) in [5, 5.41) is 0. The molecule has 0 aliphatic heterocycles. The molecule has 0 fully saturated rings. The van der Waals surface area contributed by atoms with Crippen LogP contribution in [0.5, 0.6) is 0 Å². The summed E-state index contributed by atoms with van der Waals surface area (Å²) in [6, 6.07) is 0. The van der Waals surface area contributed by atoms with Crippen LogP contribution in [-0.2, 0) is 21.1 Å². The maximum Gasteiger partial charge on any atom is 0.211 e. The van der Waals surface area contributed by atoms with Gasteiger partial charge in [-0.2, -0.15) is 0 Å². The average molecular weight is 410 g/mol. The summed E-state index contributed by atoms with van der Waals surface area (Å²) < 4.78 is 0. The number of nitrogens with zero attached hydrogens (tertiary/aromatic N) is 1. The molecule has 0 unspecified atom stereocenters. The van der Waals surface area contributed by atoms with E-state index in [-0.39, 0.29) is 83.1 Å². The Kier molecular flexibility index (Phi) is 981. The van der Waals surface area contributed by atoms with Crippen LogP contribution in [0.3, 0.4) is 0 Å². The minimum Gasteiger partial charge on any atom is -0.147 e. The van der Waals surface area contributed by atoms with Crippen LogP contribution in [0.1, 0.15) is 0 Å². The summed E-state index contributed by atoms with van der Waals surface area (Å²) in [5.41, 5.74) is 11.0. The van der Waals surface area contributed by atoms with Gasteiger partial charge in [-0.25, -0.2) is 0 Å². The second kappa shape index (κ2) is 113. The zero-order valence-corrected chi connectivity index (χ0v) is 10.9. The van der Waals surface area contributed by atoms with Crippen molar-refractivity contribution in [1.82, 2.24) is 4.91 Å². The third kappa shape index (κ3) is 250. The van der Waals surface area contributed by atoms with Crippen LogP contribution in [0.2, 0.25) is 0 Å². The SMILES string of the molecule is Cl.Cl.Cl.Cl.Cl.N=[N+]=N.[W]. The van der Waals surface area contributed by atoms with E-state index >= 15 is 0 Å². The second-order valence-electron chi connectivity index (χ2n) is 0.112. The summed E-state index contributed by atoms with van der Waals surface area (Å²) in [5.74, 6) is 0. The maximum absolute atomic E-state index is 5.50. The molecule has 0 aromatic heterocycles. The fourth-order valence-electron chi connectivity index (χ4n) is 0. The van der Waals surface area contributed by atoms with Crippen molar-refractivity contribution in [3.05, 3.63) is 0 Å². The molecule has 62 valence electrons. The molecule has 2 N–H and O–H groups in total. The Balaban J connectivity index is -0.00000000133. The number of nitrogens with one attached hydrogen (secondary N) is 2. The van der Waals surface area contributed by atoms with Crippen molar-refractivity contribution in [2.45, 2.75) is 0 Å². The van der Waals surface area contributed by atoms with E-state index in [1.165, 1.54) is 0 Å². The molecule has 0 heterocycles. The first-order chi connectivity index (χ1) is 1.41. The van der Waals surface area contributed by atoms with Gasteiger partial charge in [0.05, 0.1) is 0 Å². The largest absolute Gasteiger partial charge is 0.211 e. The van der Waals surface area contributed by atoms with Gasteiger partial charge in [0, 0.05) is 21.1 Å². The van der Waals surface area contributed by atoms with E-state index in [0.717, 1.165) is 0 Å². The van der Waals surface area contributed by atoms with Gasteiger partial charge in [0.25, 0.3) is 0 Å². The van der Waals surface area contributed by atoms with Crippen LogP contribution in [0.25, 0.3) is 0 Å². The van der Waals surface area contributed by atoms with Crippen molar-refractivity contribution in [3.8, 4) is 0 Å². The van der Waals surface area contributed by atoms with Gasteiger partial charge in [0.1, 0.15) is 11.1 Å². The van der Waals surface area contributed by atoms with Crippen molar-refractivity contribution < 1.29 is 21.1 Å². The van der Waals surface area contributed by atoms with E-state index in [4.69, 9.17) is 11.1 Å². The van der Waals surface area contributed by atoms with Crippen molar-refractivity contribution >= 4 is 62.0 Å². The molecular formula is H7Cl5N3W+. The molecule has 0 rings (SSSR count). The van der Waals surface area contributed by atoms with E-state index in [0.29, 0.717) is 0 Å². The quantitative estimate of drug-likeness (QED) is 0.455. The first-order valence-electron chi connectivity index (χ1n) is 0.447. The summed E-state index contributed by atoms with van der Waals surface area (Å²) in [7, 11) is 0. The summed E-state index contributed by atoms with van der Waals surface area (Å²) in [6.45, 7) is 0. The van der Waals surface area contributed by atoms with Crippen LogP contribution in [0.4, 0.5) is 0 Å². The van der Waals surface area contributed by atoms with Crippen molar-refractivity contribution in [1.29, 1.82) is 11.1 Å². The van der Waals surface area contributed by atoms with Crippen molar-refractivity contribution in [2.24, 2.45) is 0 Å². The van der Waals surface area contributed by atoms with Gasteiger partial charge in [0.15, 0.2) is 0 Å². The minimum atomic E-state index is 0. The number of hydrogen-bond acceptors (Lipinski definition) is 2. The average Bonchev–Trinajstić information content (AvgIpc) is 0.918. The monoisotopic (exact) mass is 408 g/mol. The van der Waals surface area contributed by atoms with Crippen molar-refractivity contribution in [3.63, 3.8) is 0 Å². The number of hydrogen-bond donors (Lipinski definition) is 2. The van der Waals surface area contributed by atoms with Crippen LogP contribution >= 0.6 is 62.0 Å². The van der Waals surface area contributed by atoms with E-state index in [1.54, 1.807) is 0 Å². The maximum atomic E-state index is 5.50. The van der Waals surface area contributed by atoms with Gasteiger partial charge in [-0.1, -0.05) is 0 Å². The molecule has 0 bridgehead atoms. The van der Waals surface area contributed by atoms with Gasteiger partial charge in [-0.05, 0) is 0 Å². The molecule has 0 spiro atoms. The van der Waals surface area contributed by atoms with E-state index in [2.05, 4.69) is 0 Å². The summed E-state index contributed by atoms with van der Waals surface area (Å²) in [4.78, 5) is 2.00. The van der Waals surface area contributed by atoms with Gasteiger partial charge >= 0.3 is 0 Å². The fraction of sp³-hybridized carbons (Fsp3) is 0. The molecule has 0 aliphatic carbocycles. The van der Waals surface area contributed by atoms with Gasteiger partial charge in [-0.3, -0.25) is 0 Å². The van der Waals surface area contributed by atoms with E-state index in [1.807, 2.05) is 4.91 Å². The zero-order chi connectivity index (χ0) is 2.71. The number of halogens is 5. The van der Waals surface area contributed by atoms with Gasteiger partial charge < -0.3 is 0 Å². The Labute approximate surface area is 98.5 Å². The molecule has 3 nitrogen and oxygen atoms in total. The second-order valence-corrected chi connectivity index (χ2v) is 0.112. The molecule has 0 amide bonds. The molecule has 0 aliphatic rings. The Bertz CT molecular complexity index is 33.2. The standard InChI is InChI=1S/5ClH.H2N3.W/c;;;;;1-3-2;/h5*1H;1-2H;/q;;;;;+1;. The van der Waals surface area contributed by atoms with Crippen molar-refractivity contribution in [2.75, 3.05) is 0 Å². The smallest absolute Gasteiger partial charge is 0.147 e. The van der Waals surface area contributed by atoms with Crippen LogP contribution in [-0.4, -0.2) is 0 Å². The van der Waals surface area contributed by atoms with E-state index < -0.39 is 0 Å². The number of rotatable bonds is 0. The first kappa shape index (κ1) is 78.4. The van der Waals surface area contributed by atoms with Crippen LogP contribution in [0, 0.1) is 11.1 Å². The van der Waals surface area contributed by atoms with Crippen LogP contribution in [0.15, 0.2) is 0 Å².